The Morgan fingerprint density at radius 3 is 1.35 bits per heavy atom. The van der Waals surface area contributed by atoms with Crippen molar-refractivity contribution in [3.63, 3.8) is 0 Å². The first kappa shape index (κ1) is 46.2. The van der Waals surface area contributed by atoms with Crippen molar-refractivity contribution >= 4 is 42.3 Å². The highest BCUT2D eigenvalue weighted by molar-refractivity contribution is 6.33. The van der Waals surface area contributed by atoms with Gasteiger partial charge in [-0.25, -0.2) is 0 Å². The first-order chi connectivity index (χ1) is 23.8. The monoisotopic (exact) mass is 722 g/mol. The van der Waals surface area contributed by atoms with Crippen molar-refractivity contribution in [1.29, 1.82) is 0 Å². The summed E-state index contributed by atoms with van der Waals surface area (Å²) in [6.45, 7) is 9.82. The Kier molecular flexibility index (Phi) is 30.6. The van der Waals surface area contributed by atoms with Crippen LogP contribution in [0.4, 0.5) is 11.4 Å². The average Bonchev–Trinajstić information content (AvgIpc) is 3.10. The van der Waals surface area contributed by atoms with Crippen molar-refractivity contribution in [1.82, 2.24) is 5.32 Å². The molecule has 2 rings (SSSR count). The lowest BCUT2D eigenvalue weighted by atomic mass is 10.1. The number of carbonyl (C=O) groups is 2. The number of amides is 1. The molecule has 2 aromatic rings. The number of nitrogens with one attached hydrogen (secondary N) is 1. The van der Waals surface area contributed by atoms with Gasteiger partial charge in [-0.05, 0) is 80.5 Å². The third-order valence-electron chi connectivity index (χ3n) is 7.58. The van der Waals surface area contributed by atoms with Crippen LogP contribution in [0.5, 0.6) is 0 Å². The fourth-order valence-electron chi connectivity index (χ4n) is 4.86. The van der Waals surface area contributed by atoms with E-state index in [9.17, 15) is 9.59 Å². The number of carboxylic acids is 1. The van der Waals surface area contributed by atoms with Crippen molar-refractivity contribution < 1.29 is 35.1 Å². The fraction of sp³-hybridized carbons (Fsp3) is 0.611. The molecule has 11 nitrogen and oxygen atoms in total. The third kappa shape index (κ3) is 24.9. The maximum atomic E-state index is 11.9. The van der Waals surface area contributed by atoms with E-state index in [0.29, 0.717) is 41.6 Å². The molecule has 8 N–H and O–H groups in total. The Bertz CT molecular complexity index is 1050. The first-order valence-electron chi connectivity index (χ1n) is 18.1. The van der Waals surface area contributed by atoms with Gasteiger partial charge in [0, 0.05) is 89.6 Å². The zero-order chi connectivity index (χ0) is 36.5. The number of hydrogen-bond acceptors (Lipinski definition) is 9. The lowest BCUT2D eigenvalue weighted by Gasteiger charge is -2.24. The number of aliphatic carboxylic acids is 1. The second-order valence-electron chi connectivity index (χ2n) is 11.9. The molecule has 1 amide bonds. The first-order valence-corrected chi connectivity index (χ1v) is 22.9. The van der Waals surface area contributed by atoms with Crippen LogP contribution < -0.4 is 20.9 Å². The van der Waals surface area contributed by atoms with Crippen LogP contribution >= 0.6 is 0 Å². The molecule has 2 aromatic carbocycles. The highest BCUT2D eigenvalue weighted by Gasteiger charge is 2.09. The van der Waals surface area contributed by atoms with E-state index in [1.807, 2.05) is 36.4 Å². The molecule has 0 bridgehead atoms. The zero-order valence-electron chi connectivity index (χ0n) is 30.2. The lowest BCUT2D eigenvalue weighted by molar-refractivity contribution is -0.136. The van der Waals surface area contributed by atoms with E-state index in [4.69, 9.17) is 31.3 Å². The number of nitrogens with zero attached hydrogens (tertiary/aromatic N) is 2. The van der Waals surface area contributed by atoms with Gasteiger partial charge in [0.1, 0.15) is 0 Å². The summed E-state index contributed by atoms with van der Waals surface area (Å²) in [5.74, 6) is -0.761. The Balaban J connectivity index is 0.000000821. The summed E-state index contributed by atoms with van der Waals surface area (Å²) >= 11 is 0. The van der Waals surface area contributed by atoms with Crippen molar-refractivity contribution in [3.05, 3.63) is 59.7 Å². The Morgan fingerprint density at radius 2 is 1.02 bits per heavy atom. The van der Waals surface area contributed by atoms with Gasteiger partial charge in [0.05, 0.1) is 12.8 Å². The number of hydrogen-bond donors (Lipinski definition) is 7. The minimum absolute atomic E-state index is 0.0214. The third-order valence-corrected chi connectivity index (χ3v) is 9.99. The number of carboxylic acid groups (broad SMARTS) is 1. The van der Waals surface area contributed by atoms with Gasteiger partial charge in [-0.1, -0.05) is 49.4 Å². The predicted octanol–water partition coefficient (Wildman–Crippen LogP) is 1.80. The van der Waals surface area contributed by atoms with Gasteiger partial charge < -0.3 is 46.4 Å². The van der Waals surface area contributed by atoms with Gasteiger partial charge in [0.2, 0.25) is 5.91 Å². The molecule has 0 aliphatic carbocycles. The summed E-state index contributed by atoms with van der Waals surface area (Å²) in [5.41, 5.74) is 9.05. The minimum Gasteiger partial charge on any atom is -0.481 e. The molecule has 13 heteroatoms. The molecule has 49 heavy (non-hydrogen) atoms. The summed E-state index contributed by atoms with van der Waals surface area (Å²) in [4.78, 5) is 26.8. The number of aliphatic hydroxyl groups excluding tert-OH is 4. The molecule has 0 unspecified atom stereocenters. The molecule has 0 saturated heterocycles. The van der Waals surface area contributed by atoms with Crippen LogP contribution in [0, 0.1) is 0 Å². The van der Waals surface area contributed by atoms with E-state index in [1.54, 1.807) is 12.1 Å². The van der Waals surface area contributed by atoms with Gasteiger partial charge >= 0.3 is 5.97 Å². The highest BCUT2D eigenvalue weighted by Crippen LogP contribution is 2.18. The SMILES string of the molecule is C[SiH2]CCCN.C[SiH2]CCCNC(=O)Cc1ccc(N(CCCO)CCCO)cc1.O=C(O)Cc1ccc(N(CCCO)CCCO)cc1. The fourth-order valence-corrected chi connectivity index (χ4v) is 6.39. The Morgan fingerprint density at radius 1 is 0.633 bits per heavy atom. The largest absolute Gasteiger partial charge is 0.481 e. The van der Waals surface area contributed by atoms with Gasteiger partial charge in [-0.2, -0.15) is 0 Å². The number of rotatable bonds is 25. The molecule has 0 radical (unpaired) electrons. The summed E-state index contributed by atoms with van der Waals surface area (Å²) in [5, 5.41) is 47.5. The molecule has 0 saturated carbocycles. The molecule has 0 spiro atoms. The quantitative estimate of drug-likeness (QED) is 0.0591. The Labute approximate surface area is 299 Å². The number of benzene rings is 2. The summed E-state index contributed by atoms with van der Waals surface area (Å²) in [7, 11) is 0.423. The molecule has 0 aromatic heterocycles. The van der Waals surface area contributed by atoms with E-state index in [-0.39, 0.29) is 48.3 Å². The molecule has 0 fully saturated rings. The van der Waals surface area contributed by atoms with Gasteiger partial charge in [-0.3, -0.25) is 9.59 Å². The molecular weight excluding hydrogens is 657 g/mol. The van der Waals surface area contributed by atoms with Crippen LogP contribution in [-0.2, 0) is 22.4 Å². The second-order valence-corrected chi connectivity index (χ2v) is 15.3. The van der Waals surface area contributed by atoms with Crippen LogP contribution in [0.3, 0.4) is 0 Å². The van der Waals surface area contributed by atoms with E-state index < -0.39 is 5.97 Å². The van der Waals surface area contributed by atoms with Crippen LogP contribution in [-0.4, -0.2) is 122 Å². The van der Waals surface area contributed by atoms with E-state index >= 15 is 0 Å². The maximum Gasteiger partial charge on any atom is 0.307 e. The van der Waals surface area contributed by atoms with E-state index in [2.05, 4.69) is 28.2 Å². The molecule has 0 aliphatic heterocycles. The number of anilines is 2. The number of nitrogens with two attached hydrogens (primary N) is 1. The highest BCUT2D eigenvalue weighted by atomic mass is 28.2. The van der Waals surface area contributed by atoms with Gasteiger partial charge in [-0.15, -0.1) is 0 Å². The Hall–Kier alpha value is -2.79. The van der Waals surface area contributed by atoms with Crippen molar-refractivity contribution in [2.45, 2.75) is 76.5 Å². The van der Waals surface area contributed by atoms with Crippen molar-refractivity contribution in [3.8, 4) is 0 Å². The van der Waals surface area contributed by atoms with Crippen LogP contribution in [0.25, 0.3) is 0 Å². The maximum absolute atomic E-state index is 11.9. The van der Waals surface area contributed by atoms with Crippen LogP contribution in [0.1, 0.15) is 49.7 Å². The summed E-state index contributed by atoms with van der Waals surface area (Å²) in [6, 6.07) is 18.1. The molecule has 0 atom stereocenters. The standard InChI is InChI=1S/C18H32N2O3Si.C14H21NO4.C4H13NSi/c1-24-14-2-9-19-18(23)15-16-5-7-17(8-6-16)20(10-3-12-21)11-4-13-22;16-9-1-7-15(8-2-10-17)13-5-3-12(4-6-13)11-14(18)19;1-6-4-2-3-5/h5-8,21-22H,2-4,9-15,24H2,1H3,(H,19,23);3-6,16-17H,1-2,7-11H2,(H,18,19);2-6H2,1H3. The van der Waals surface area contributed by atoms with Gasteiger partial charge in [0.25, 0.3) is 0 Å². The molecule has 280 valence electrons. The summed E-state index contributed by atoms with van der Waals surface area (Å²) in [6.07, 6.45) is 5.53. The lowest BCUT2D eigenvalue weighted by Crippen LogP contribution is -2.27. The smallest absolute Gasteiger partial charge is 0.307 e. The predicted molar refractivity (Wildman–Crippen MR) is 209 cm³/mol. The summed E-state index contributed by atoms with van der Waals surface area (Å²) < 4.78 is 0. The van der Waals surface area contributed by atoms with Crippen molar-refractivity contribution in [2.24, 2.45) is 5.73 Å². The topological polar surface area (TPSA) is 180 Å². The van der Waals surface area contributed by atoms with Crippen LogP contribution in [0.2, 0.25) is 25.2 Å². The minimum atomic E-state index is -0.842. The second kappa shape index (κ2) is 32.4. The normalized spacial score (nSPS) is 10.8. The van der Waals surface area contributed by atoms with Crippen LogP contribution in [0.15, 0.2) is 48.5 Å². The van der Waals surface area contributed by atoms with Gasteiger partial charge in [0.15, 0.2) is 0 Å². The van der Waals surface area contributed by atoms with E-state index in [0.717, 1.165) is 68.2 Å². The average molecular weight is 723 g/mol. The molecule has 0 aliphatic rings. The molecule has 0 heterocycles. The number of aliphatic hydroxyl groups is 4. The van der Waals surface area contributed by atoms with Crippen molar-refractivity contribution in [2.75, 3.05) is 75.5 Å². The van der Waals surface area contributed by atoms with E-state index in [1.165, 1.54) is 18.5 Å². The number of carbonyl (C=O) groups excluding carboxylic acids is 1. The zero-order valence-corrected chi connectivity index (χ0v) is 33.0. The molecular formula is C36H66N4O7Si2.